The molecule has 0 aromatic heterocycles. The number of ether oxygens (including phenoxy) is 3. The van der Waals surface area contributed by atoms with E-state index in [0.29, 0.717) is 18.9 Å². The van der Waals surface area contributed by atoms with Gasteiger partial charge in [-0.2, -0.15) is 0 Å². The van der Waals surface area contributed by atoms with Crippen molar-refractivity contribution < 1.29 is 42.1 Å². The van der Waals surface area contributed by atoms with Crippen LogP contribution in [0.1, 0.15) is 63.9 Å². The van der Waals surface area contributed by atoms with Gasteiger partial charge in [0, 0.05) is 19.6 Å². The molecule has 0 heterocycles. The molecule has 0 radical (unpaired) electrons. The van der Waals surface area contributed by atoms with E-state index in [1.807, 2.05) is 0 Å². The smallest absolute Gasteiger partial charge is 0.492 e. The summed E-state index contributed by atoms with van der Waals surface area (Å²) in [5.41, 5.74) is 0.706. The summed E-state index contributed by atoms with van der Waals surface area (Å²) in [6.45, 7) is 2.83. The van der Waals surface area contributed by atoms with E-state index in [-0.39, 0.29) is 25.3 Å². The number of carboxylic acids is 1. The molecule has 232 valence electrons. The first kappa shape index (κ1) is 33.0. The summed E-state index contributed by atoms with van der Waals surface area (Å²) in [7, 11) is 0. The first-order valence-corrected chi connectivity index (χ1v) is 14.6. The van der Waals surface area contributed by atoms with Crippen LogP contribution in [0.5, 0.6) is 11.5 Å². The van der Waals surface area contributed by atoms with Crippen molar-refractivity contribution in [2.75, 3.05) is 31.6 Å². The second kappa shape index (κ2) is 16.8. The molecule has 1 atom stereocenters. The number of urea groups is 1. The number of amides is 2. The highest BCUT2D eigenvalue weighted by Crippen LogP contribution is 2.30. The molecule has 2 aromatic carbocycles. The lowest BCUT2D eigenvalue weighted by Crippen LogP contribution is -2.38. The van der Waals surface area contributed by atoms with Crippen molar-refractivity contribution in [1.82, 2.24) is 4.90 Å². The molecular formula is C31H41F3N2O6. The van der Waals surface area contributed by atoms with Gasteiger partial charge >= 0.3 is 18.4 Å². The van der Waals surface area contributed by atoms with Crippen LogP contribution in [-0.2, 0) is 16.0 Å². The molecule has 0 saturated heterocycles. The zero-order chi connectivity index (χ0) is 30.4. The van der Waals surface area contributed by atoms with E-state index >= 15 is 0 Å². The summed E-state index contributed by atoms with van der Waals surface area (Å²) in [4.78, 5) is 26.1. The van der Waals surface area contributed by atoms with E-state index in [2.05, 4.69) is 10.1 Å². The number of carbonyl (C=O) groups is 2. The van der Waals surface area contributed by atoms with Gasteiger partial charge in [0.1, 0.15) is 12.4 Å². The summed E-state index contributed by atoms with van der Waals surface area (Å²) in [5, 5.41) is 11.9. The fraction of sp³-hybridized carbons (Fsp3) is 0.548. The fourth-order valence-corrected chi connectivity index (χ4v) is 5.13. The lowest BCUT2D eigenvalue weighted by atomic mass is 9.86. The number of para-hydroxylation sites is 2. The number of hydrogen-bond donors (Lipinski definition) is 2. The van der Waals surface area contributed by atoms with Crippen molar-refractivity contribution in [3.8, 4) is 11.5 Å². The fourth-order valence-electron chi connectivity index (χ4n) is 5.13. The van der Waals surface area contributed by atoms with Crippen molar-refractivity contribution >= 4 is 17.7 Å². The lowest BCUT2D eigenvalue weighted by molar-refractivity contribution is -0.274. The monoisotopic (exact) mass is 594 g/mol. The van der Waals surface area contributed by atoms with Crippen molar-refractivity contribution in [2.45, 2.75) is 77.2 Å². The van der Waals surface area contributed by atoms with E-state index in [1.54, 1.807) is 36.1 Å². The molecule has 8 nitrogen and oxygen atoms in total. The van der Waals surface area contributed by atoms with Crippen molar-refractivity contribution in [3.63, 3.8) is 0 Å². The molecule has 0 aliphatic heterocycles. The molecule has 1 aliphatic carbocycles. The van der Waals surface area contributed by atoms with E-state index in [4.69, 9.17) is 9.47 Å². The highest BCUT2D eigenvalue weighted by atomic mass is 19.4. The van der Waals surface area contributed by atoms with Gasteiger partial charge < -0.3 is 29.5 Å². The molecule has 0 spiro atoms. The number of alkyl halides is 3. The van der Waals surface area contributed by atoms with Gasteiger partial charge in [0.15, 0.2) is 11.9 Å². The minimum absolute atomic E-state index is 0.0738. The Morgan fingerprint density at radius 3 is 2.40 bits per heavy atom. The summed E-state index contributed by atoms with van der Waals surface area (Å²) in [6.07, 6.45) is 3.55. The van der Waals surface area contributed by atoms with E-state index in [1.165, 1.54) is 50.3 Å². The zero-order valence-corrected chi connectivity index (χ0v) is 24.0. The van der Waals surface area contributed by atoms with Crippen LogP contribution in [0.4, 0.5) is 23.7 Å². The number of benzene rings is 2. The zero-order valence-electron chi connectivity index (χ0n) is 24.0. The molecule has 0 bridgehead atoms. The van der Waals surface area contributed by atoms with Gasteiger partial charge in [-0.15, -0.1) is 13.2 Å². The Balaban J connectivity index is 1.58. The molecule has 11 heteroatoms. The normalized spacial score (nSPS) is 14.7. The average molecular weight is 595 g/mol. The minimum atomic E-state index is -4.89. The Kier molecular flexibility index (Phi) is 13.2. The van der Waals surface area contributed by atoms with Crippen LogP contribution in [-0.4, -0.2) is 60.8 Å². The predicted octanol–water partition coefficient (Wildman–Crippen LogP) is 7.28. The Hall–Kier alpha value is -3.47. The number of nitrogens with zero attached hydrogens (tertiary/aromatic N) is 1. The van der Waals surface area contributed by atoms with Crippen LogP contribution in [0.2, 0.25) is 0 Å². The van der Waals surface area contributed by atoms with E-state index < -0.39 is 30.2 Å². The van der Waals surface area contributed by atoms with Crippen LogP contribution in [0.25, 0.3) is 0 Å². The molecule has 1 saturated carbocycles. The average Bonchev–Trinajstić information content (AvgIpc) is 2.95. The van der Waals surface area contributed by atoms with Gasteiger partial charge in [-0.25, -0.2) is 9.59 Å². The summed E-state index contributed by atoms with van der Waals surface area (Å²) >= 11 is 0. The lowest BCUT2D eigenvalue weighted by Gasteiger charge is -2.25. The van der Waals surface area contributed by atoms with E-state index in [9.17, 15) is 27.9 Å². The van der Waals surface area contributed by atoms with E-state index in [0.717, 1.165) is 36.8 Å². The first-order chi connectivity index (χ1) is 20.1. The third-order valence-electron chi connectivity index (χ3n) is 7.27. The van der Waals surface area contributed by atoms with Crippen molar-refractivity contribution in [2.24, 2.45) is 5.92 Å². The molecule has 42 heavy (non-hydrogen) atoms. The van der Waals surface area contributed by atoms with Crippen LogP contribution in [0, 0.1) is 5.92 Å². The number of aliphatic carboxylic acids is 1. The topological polar surface area (TPSA) is 97.3 Å². The summed E-state index contributed by atoms with van der Waals surface area (Å²) in [5.74, 6) is -0.245. The highest BCUT2D eigenvalue weighted by molar-refractivity contribution is 5.91. The summed E-state index contributed by atoms with van der Waals surface area (Å²) in [6, 6.07) is 11.9. The molecule has 2 amide bonds. The molecule has 1 fully saturated rings. The number of rotatable bonds is 16. The maximum Gasteiger partial charge on any atom is 0.573 e. The van der Waals surface area contributed by atoms with Gasteiger partial charge in [-0.1, -0.05) is 69.2 Å². The second-order valence-electron chi connectivity index (χ2n) is 10.4. The van der Waals surface area contributed by atoms with Crippen LogP contribution in [0.15, 0.2) is 48.5 Å². The molecule has 1 unspecified atom stereocenters. The Bertz CT molecular complexity index is 1110. The first-order valence-electron chi connectivity index (χ1n) is 14.6. The van der Waals surface area contributed by atoms with Gasteiger partial charge in [-0.05, 0) is 49.1 Å². The maximum atomic E-state index is 13.2. The minimum Gasteiger partial charge on any atom is -0.492 e. The van der Waals surface area contributed by atoms with Gasteiger partial charge in [-0.3, -0.25) is 0 Å². The summed E-state index contributed by atoms with van der Waals surface area (Å²) < 4.78 is 53.8. The predicted molar refractivity (Wildman–Crippen MR) is 153 cm³/mol. The molecule has 2 aromatic rings. The number of halogens is 3. The standard InChI is InChI=1S/C31H41F3N2O6/c1-2-40-28(29(37)38)22-24-15-17-25(18-16-24)41-21-20-36(19-9-8-12-23-10-4-3-5-11-23)30(39)35-26-13-6-7-14-27(26)42-31(32,33)34/h6-7,13-18,23,28H,2-5,8-12,19-22H2,1H3,(H,35,39)(H,37,38). The molecular weight excluding hydrogens is 553 g/mol. The number of anilines is 1. The van der Waals surface area contributed by atoms with Gasteiger partial charge in [0.25, 0.3) is 0 Å². The third-order valence-corrected chi connectivity index (χ3v) is 7.27. The number of hydrogen-bond acceptors (Lipinski definition) is 5. The van der Waals surface area contributed by atoms with Crippen molar-refractivity contribution in [3.05, 3.63) is 54.1 Å². The van der Waals surface area contributed by atoms with Crippen LogP contribution < -0.4 is 14.8 Å². The largest absolute Gasteiger partial charge is 0.573 e. The quantitative estimate of drug-likeness (QED) is 0.198. The number of unbranched alkanes of at least 4 members (excludes halogenated alkanes) is 1. The van der Waals surface area contributed by atoms with Gasteiger partial charge in [0.05, 0.1) is 12.2 Å². The number of nitrogens with one attached hydrogen (secondary N) is 1. The van der Waals surface area contributed by atoms with Gasteiger partial charge in [0.2, 0.25) is 0 Å². The second-order valence-corrected chi connectivity index (χ2v) is 10.4. The Morgan fingerprint density at radius 2 is 1.74 bits per heavy atom. The van der Waals surface area contributed by atoms with Crippen molar-refractivity contribution in [1.29, 1.82) is 0 Å². The Morgan fingerprint density at radius 1 is 1.02 bits per heavy atom. The van der Waals surface area contributed by atoms with Crippen LogP contribution in [0.3, 0.4) is 0 Å². The third kappa shape index (κ3) is 11.8. The molecule has 2 N–H and O–H groups in total. The SMILES string of the molecule is CCOC(Cc1ccc(OCCN(CCCCC2CCCCC2)C(=O)Nc2ccccc2OC(F)(F)F)cc1)C(=O)O. The highest BCUT2D eigenvalue weighted by Gasteiger charge is 2.32. The molecule has 3 rings (SSSR count). The number of carbonyl (C=O) groups excluding carboxylic acids is 1. The molecule has 1 aliphatic rings. The Labute approximate surface area is 245 Å². The maximum absolute atomic E-state index is 13.2. The van der Waals surface area contributed by atoms with Crippen LogP contribution >= 0.6 is 0 Å². The number of carboxylic acid groups (broad SMARTS) is 1.